The first-order valence-electron chi connectivity index (χ1n) is 8.81. The second-order valence-corrected chi connectivity index (χ2v) is 9.80. The number of nitrogens with one attached hydrogen (secondary N) is 1. The third-order valence-electron chi connectivity index (χ3n) is 5.11. The number of benzene rings is 1. The lowest BCUT2D eigenvalue weighted by molar-refractivity contribution is -0.895. The van der Waals surface area contributed by atoms with Crippen molar-refractivity contribution in [3.63, 3.8) is 0 Å². The average molecular weight is 393 g/mol. The second kappa shape index (κ2) is 7.11. The van der Waals surface area contributed by atoms with Crippen LogP contribution in [0.3, 0.4) is 0 Å². The van der Waals surface area contributed by atoms with Crippen molar-refractivity contribution in [2.24, 2.45) is 0 Å². The lowest BCUT2D eigenvalue weighted by Gasteiger charge is -2.31. The standard InChI is InChI=1S/C18H21N3O3S2/c22-17(21-8-7-15-4-1-2-5-16(15)21)14-19-9-11-20(12-10-19)26(23,24)18-6-3-13-25-18/h1-6,13H,7-12,14H2/p+1. The van der Waals surface area contributed by atoms with Crippen LogP contribution in [0.4, 0.5) is 5.69 Å². The first kappa shape index (κ1) is 17.7. The van der Waals surface area contributed by atoms with Gasteiger partial charge in [-0.15, -0.1) is 11.3 Å². The minimum absolute atomic E-state index is 0.125. The van der Waals surface area contributed by atoms with Crippen LogP contribution in [0.15, 0.2) is 46.0 Å². The fourth-order valence-corrected chi connectivity index (χ4v) is 6.25. The number of fused-ring (bicyclic) bond motifs is 1. The van der Waals surface area contributed by atoms with Crippen molar-refractivity contribution in [3.8, 4) is 0 Å². The van der Waals surface area contributed by atoms with Crippen molar-refractivity contribution in [2.45, 2.75) is 10.6 Å². The van der Waals surface area contributed by atoms with Gasteiger partial charge in [0.25, 0.3) is 15.9 Å². The van der Waals surface area contributed by atoms with Gasteiger partial charge in [-0.25, -0.2) is 8.42 Å². The van der Waals surface area contributed by atoms with E-state index in [1.54, 1.807) is 17.5 Å². The van der Waals surface area contributed by atoms with E-state index in [4.69, 9.17) is 0 Å². The second-order valence-electron chi connectivity index (χ2n) is 6.69. The molecule has 4 rings (SSSR count). The maximum Gasteiger partial charge on any atom is 0.282 e. The highest BCUT2D eigenvalue weighted by Gasteiger charge is 2.33. The maximum atomic E-state index is 12.7. The summed E-state index contributed by atoms with van der Waals surface area (Å²) in [6, 6.07) is 11.4. The largest absolute Gasteiger partial charge is 0.325 e. The van der Waals surface area contributed by atoms with E-state index in [1.165, 1.54) is 21.2 Å². The number of amides is 1. The Balaban J connectivity index is 1.35. The van der Waals surface area contributed by atoms with Gasteiger partial charge in [0.2, 0.25) is 0 Å². The van der Waals surface area contributed by atoms with E-state index in [0.717, 1.165) is 23.6 Å². The van der Waals surface area contributed by atoms with E-state index in [9.17, 15) is 13.2 Å². The Morgan fingerprint density at radius 1 is 1.08 bits per heavy atom. The topological polar surface area (TPSA) is 62.1 Å². The molecule has 0 unspecified atom stereocenters. The van der Waals surface area contributed by atoms with E-state index >= 15 is 0 Å². The number of quaternary nitrogens is 1. The number of sulfonamides is 1. The molecule has 0 saturated carbocycles. The zero-order valence-corrected chi connectivity index (χ0v) is 16.1. The predicted octanol–water partition coefficient (Wildman–Crippen LogP) is 0.227. The van der Waals surface area contributed by atoms with Crippen molar-refractivity contribution in [1.82, 2.24) is 4.31 Å². The number of rotatable bonds is 4. The molecule has 2 aliphatic heterocycles. The van der Waals surface area contributed by atoms with Crippen LogP contribution in [0.1, 0.15) is 5.56 Å². The molecule has 1 amide bonds. The average Bonchev–Trinajstić information content (AvgIpc) is 3.32. The van der Waals surface area contributed by atoms with Gasteiger partial charge < -0.3 is 9.80 Å². The molecule has 0 bridgehead atoms. The Bertz CT molecular complexity index is 888. The van der Waals surface area contributed by atoms with Crippen LogP contribution >= 0.6 is 11.3 Å². The van der Waals surface area contributed by atoms with Crippen molar-refractivity contribution in [3.05, 3.63) is 47.3 Å². The summed E-state index contributed by atoms with van der Waals surface area (Å²) < 4.78 is 27.1. The first-order chi connectivity index (χ1) is 12.6. The number of piperazine rings is 1. The van der Waals surface area contributed by atoms with E-state index in [0.29, 0.717) is 36.9 Å². The van der Waals surface area contributed by atoms with Gasteiger partial charge in [-0.05, 0) is 29.5 Å². The fourth-order valence-electron chi connectivity index (χ4n) is 3.66. The number of para-hydroxylation sites is 1. The molecule has 26 heavy (non-hydrogen) atoms. The van der Waals surface area contributed by atoms with E-state index < -0.39 is 10.0 Å². The van der Waals surface area contributed by atoms with Crippen molar-refractivity contribution >= 4 is 33.0 Å². The fraction of sp³-hybridized carbons (Fsp3) is 0.389. The molecule has 0 aliphatic carbocycles. The summed E-state index contributed by atoms with van der Waals surface area (Å²) in [4.78, 5) is 15.7. The number of hydrogen-bond acceptors (Lipinski definition) is 4. The van der Waals surface area contributed by atoms with Crippen LogP contribution in [0.2, 0.25) is 0 Å². The molecule has 0 spiro atoms. The van der Waals surface area contributed by atoms with Gasteiger partial charge >= 0.3 is 0 Å². The van der Waals surface area contributed by atoms with Crippen LogP contribution < -0.4 is 9.80 Å². The number of thiophene rings is 1. The maximum absolute atomic E-state index is 12.7. The Kier molecular flexibility index (Phi) is 4.83. The molecule has 1 saturated heterocycles. The minimum Gasteiger partial charge on any atom is -0.325 e. The lowest BCUT2D eigenvalue weighted by Crippen LogP contribution is -3.15. The third-order valence-corrected chi connectivity index (χ3v) is 8.38. The highest BCUT2D eigenvalue weighted by Crippen LogP contribution is 2.27. The molecular formula is C18H22N3O3S2+. The SMILES string of the molecule is O=C(C[NH+]1CCN(S(=O)(=O)c2cccs2)CC1)N1CCc2ccccc21. The normalized spacial score (nSPS) is 18.8. The molecule has 1 aromatic heterocycles. The third kappa shape index (κ3) is 3.29. The van der Waals surface area contributed by atoms with E-state index in [1.807, 2.05) is 23.1 Å². The van der Waals surface area contributed by atoms with E-state index in [-0.39, 0.29) is 5.91 Å². The Morgan fingerprint density at radius 2 is 1.85 bits per heavy atom. The van der Waals surface area contributed by atoms with Gasteiger partial charge in [-0.2, -0.15) is 4.31 Å². The quantitative estimate of drug-likeness (QED) is 0.810. The van der Waals surface area contributed by atoms with Crippen LogP contribution in [0.5, 0.6) is 0 Å². The highest BCUT2D eigenvalue weighted by molar-refractivity contribution is 7.91. The molecular weight excluding hydrogens is 370 g/mol. The van der Waals surface area contributed by atoms with Crippen LogP contribution in [-0.2, 0) is 21.2 Å². The van der Waals surface area contributed by atoms with Crippen LogP contribution in [-0.4, -0.2) is 57.9 Å². The van der Waals surface area contributed by atoms with Crippen molar-refractivity contribution in [1.29, 1.82) is 0 Å². The van der Waals surface area contributed by atoms with Gasteiger partial charge in [-0.3, -0.25) is 4.79 Å². The zero-order chi connectivity index (χ0) is 18.1. The summed E-state index contributed by atoms with van der Waals surface area (Å²) in [5.41, 5.74) is 2.25. The van der Waals surface area contributed by atoms with Crippen molar-refractivity contribution in [2.75, 3.05) is 44.2 Å². The first-order valence-corrected chi connectivity index (χ1v) is 11.1. The summed E-state index contributed by atoms with van der Waals surface area (Å²) in [6.07, 6.45) is 0.907. The molecule has 0 atom stereocenters. The van der Waals surface area contributed by atoms with Gasteiger partial charge in [0.05, 0.1) is 26.2 Å². The van der Waals surface area contributed by atoms with Crippen LogP contribution in [0, 0.1) is 0 Å². The Morgan fingerprint density at radius 3 is 2.58 bits per heavy atom. The van der Waals surface area contributed by atoms with Crippen molar-refractivity contribution < 1.29 is 18.1 Å². The Hall–Kier alpha value is -1.74. The number of nitrogens with zero attached hydrogens (tertiary/aromatic N) is 2. The van der Waals surface area contributed by atoms with Gasteiger partial charge in [0, 0.05) is 12.2 Å². The molecule has 1 fully saturated rings. The Labute approximate surface area is 157 Å². The number of hydrogen-bond donors (Lipinski definition) is 1. The summed E-state index contributed by atoms with van der Waals surface area (Å²) in [7, 11) is -3.38. The number of carbonyl (C=O) groups excluding carboxylic acids is 1. The molecule has 0 radical (unpaired) electrons. The van der Waals surface area contributed by atoms with E-state index in [2.05, 4.69) is 6.07 Å². The molecule has 8 heteroatoms. The molecule has 2 aliphatic rings. The lowest BCUT2D eigenvalue weighted by atomic mass is 10.2. The monoisotopic (exact) mass is 392 g/mol. The molecule has 138 valence electrons. The zero-order valence-electron chi connectivity index (χ0n) is 14.4. The van der Waals surface area contributed by atoms with Gasteiger partial charge in [-0.1, -0.05) is 24.3 Å². The summed E-state index contributed by atoms with van der Waals surface area (Å²) in [5.74, 6) is 0.125. The minimum atomic E-state index is -3.38. The molecule has 1 N–H and O–H groups in total. The highest BCUT2D eigenvalue weighted by atomic mass is 32.2. The summed E-state index contributed by atoms with van der Waals surface area (Å²) in [5, 5.41) is 1.78. The number of anilines is 1. The summed E-state index contributed by atoms with van der Waals surface area (Å²) >= 11 is 1.25. The molecule has 2 aromatic rings. The molecule has 1 aromatic carbocycles. The summed E-state index contributed by atoms with van der Waals surface area (Å²) in [6.45, 7) is 3.39. The van der Waals surface area contributed by atoms with Gasteiger partial charge in [0.1, 0.15) is 4.21 Å². The molecule has 3 heterocycles. The number of carbonyl (C=O) groups is 1. The molecule has 6 nitrogen and oxygen atoms in total. The van der Waals surface area contributed by atoms with Crippen LogP contribution in [0.25, 0.3) is 0 Å². The predicted molar refractivity (Wildman–Crippen MR) is 101 cm³/mol. The van der Waals surface area contributed by atoms with Gasteiger partial charge in [0.15, 0.2) is 6.54 Å². The smallest absolute Gasteiger partial charge is 0.282 e.